The van der Waals surface area contributed by atoms with E-state index < -0.39 is 16.4 Å². The largest absolute Gasteiger partial charge is 0.331 e. The summed E-state index contributed by atoms with van der Waals surface area (Å²) in [6.45, 7) is 1.27. The van der Waals surface area contributed by atoms with Crippen molar-refractivity contribution in [3.05, 3.63) is 23.8 Å². The van der Waals surface area contributed by atoms with Crippen molar-refractivity contribution in [2.24, 2.45) is 0 Å². The normalized spacial score (nSPS) is 23.3. The van der Waals surface area contributed by atoms with Crippen molar-refractivity contribution in [1.29, 1.82) is 0 Å². The molecule has 2 saturated heterocycles. The maximum Gasteiger partial charge on any atom is 0.317 e. The van der Waals surface area contributed by atoms with Crippen LogP contribution in [-0.4, -0.2) is 65.1 Å². The Labute approximate surface area is 150 Å². The van der Waals surface area contributed by atoms with Crippen LogP contribution in [0.15, 0.2) is 12.3 Å². The third-order valence-corrected chi connectivity index (χ3v) is 6.58. The van der Waals surface area contributed by atoms with E-state index in [0.29, 0.717) is 32.5 Å². The molecule has 1 N–H and O–H groups in total. The van der Waals surface area contributed by atoms with Gasteiger partial charge in [0, 0.05) is 31.9 Å². The molecule has 1 aromatic heterocycles. The van der Waals surface area contributed by atoms with Gasteiger partial charge in [-0.1, -0.05) is 0 Å². The maximum atomic E-state index is 12.7. The van der Waals surface area contributed by atoms with Crippen LogP contribution >= 0.6 is 0 Å². The van der Waals surface area contributed by atoms with Crippen LogP contribution in [0.5, 0.6) is 0 Å². The minimum atomic E-state index is -3.22. The molecule has 1 unspecified atom stereocenters. The minimum absolute atomic E-state index is 0.0669. The highest BCUT2D eigenvalue weighted by Gasteiger charge is 2.37. The van der Waals surface area contributed by atoms with E-state index in [2.05, 4.69) is 15.3 Å². The third-order valence-electron chi connectivity index (χ3n) is 4.58. The molecule has 2 fully saturated rings. The first-order valence-electron chi connectivity index (χ1n) is 8.49. The zero-order chi connectivity index (χ0) is 18.7. The van der Waals surface area contributed by atoms with Gasteiger partial charge in [-0.15, -0.1) is 0 Å². The van der Waals surface area contributed by atoms with Gasteiger partial charge >= 0.3 is 6.03 Å². The van der Waals surface area contributed by atoms with Gasteiger partial charge in [-0.05, 0) is 25.3 Å². The number of carbonyl (C=O) groups excluding carboxylic acids is 1. The molecular weight excluding hydrogens is 368 g/mol. The smallest absolute Gasteiger partial charge is 0.317 e. The fourth-order valence-electron chi connectivity index (χ4n) is 3.33. The summed E-state index contributed by atoms with van der Waals surface area (Å²) in [6.07, 6.45) is 0.579. The highest BCUT2D eigenvalue weighted by atomic mass is 32.2. The lowest BCUT2D eigenvalue weighted by atomic mass is 10.1. The molecule has 11 heteroatoms. The number of nitrogens with zero attached hydrogens (tertiary/aromatic N) is 4. The second-order valence-corrected chi connectivity index (χ2v) is 8.42. The van der Waals surface area contributed by atoms with Gasteiger partial charge < -0.3 is 10.2 Å². The number of amides is 2. The van der Waals surface area contributed by atoms with Crippen LogP contribution in [0.25, 0.3) is 0 Å². The number of urea groups is 1. The Morgan fingerprint density at radius 3 is 2.85 bits per heavy atom. The molecule has 2 aliphatic rings. The highest BCUT2D eigenvalue weighted by Crippen LogP contribution is 2.24. The summed E-state index contributed by atoms with van der Waals surface area (Å²) in [5, 5.41) is 2.62. The predicted molar refractivity (Wildman–Crippen MR) is 88.9 cm³/mol. The number of aromatic nitrogens is 2. The van der Waals surface area contributed by atoms with E-state index in [4.69, 9.17) is 0 Å². The number of alkyl halides is 2. The maximum absolute atomic E-state index is 12.7. The third kappa shape index (κ3) is 4.26. The molecule has 0 spiro atoms. The van der Waals surface area contributed by atoms with E-state index in [1.54, 1.807) is 4.90 Å². The number of halogens is 2. The average Bonchev–Trinajstić information content (AvgIpc) is 2.99. The van der Waals surface area contributed by atoms with Gasteiger partial charge in [0.05, 0.1) is 12.3 Å². The number of rotatable bonds is 4. The molecule has 2 amide bonds. The van der Waals surface area contributed by atoms with Crippen LogP contribution < -0.4 is 5.32 Å². The number of carbonyl (C=O) groups is 1. The van der Waals surface area contributed by atoms with Gasteiger partial charge in [0.25, 0.3) is 6.43 Å². The van der Waals surface area contributed by atoms with Crippen LogP contribution in [0.1, 0.15) is 37.2 Å². The summed E-state index contributed by atoms with van der Waals surface area (Å²) < 4.78 is 50.9. The van der Waals surface area contributed by atoms with Crippen LogP contribution in [-0.2, 0) is 16.6 Å². The Balaban J connectivity index is 1.57. The van der Waals surface area contributed by atoms with Crippen molar-refractivity contribution >= 4 is 16.1 Å². The number of piperidine rings is 1. The molecule has 1 aromatic rings. The van der Waals surface area contributed by atoms with Crippen LogP contribution in [0.2, 0.25) is 0 Å². The fourth-order valence-corrected chi connectivity index (χ4v) is 5.09. The standard InChI is InChI=1S/C15H21F2N5O3S/c16-14(17)12-4-5-18-13(20-12)9-19-15(23)21-6-1-3-11(10-21)22-7-2-8-26(22,24)25/h4-5,11,14H,1-3,6-10H2,(H,19,23). The second-order valence-electron chi connectivity index (χ2n) is 6.38. The van der Waals surface area contributed by atoms with E-state index in [9.17, 15) is 22.0 Å². The molecule has 0 aliphatic carbocycles. The molecule has 3 rings (SSSR count). The van der Waals surface area contributed by atoms with E-state index in [1.165, 1.54) is 10.5 Å². The number of hydrogen-bond acceptors (Lipinski definition) is 5. The first-order valence-corrected chi connectivity index (χ1v) is 10.1. The van der Waals surface area contributed by atoms with Gasteiger partial charge in [-0.25, -0.2) is 32.0 Å². The topological polar surface area (TPSA) is 95.5 Å². The first-order chi connectivity index (χ1) is 12.4. The van der Waals surface area contributed by atoms with Crippen LogP contribution in [0.4, 0.5) is 13.6 Å². The Morgan fingerprint density at radius 1 is 1.35 bits per heavy atom. The second kappa shape index (κ2) is 7.78. The Kier molecular flexibility index (Phi) is 5.66. The van der Waals surface area contributed by atoms with Crippen molar-refractivity contribution in [3.63, 3.8) is 0 Å². The van der Waals surface area contributed by atoms with Crippen molar-refractivity contribution < 1.29 is 22.0 Å². The predicted octanol–water partition coefficient (Wildman–Crippen LogP) is 1.12. The van der Waals surface area contributed by atoms with E-state index in [0.717, 1.165) is 12.5 Å². The summed E-state index contributed by atoms with van der Waals surface area (Å²) in [6, 6.07) is 0.541. The number of sulfonamides is 1. The SMILES string of the molecule is O=C(NCc1nccc(C(F)F)n1)N1CCCC(N2CCCS2(=O)=O)C1. The van der Waals surface area contributed by atoms with E-state index >= 15 is 0 Å². The monoisotopic (exact) mass is 389 g/mol. The fraction of sp³-hybridized carbons (Fsp3) is 0.667. The van der Waals surface area contributed by atoms with Crippen molar-refractivity contribution in [3.8, 4) is 0 Å². The number of likely N-dealkylation sites (tertiary alicyclic amines) is 1. The van der Waals surface area contributed by atoms with Gasteiger partial charge in [0.1, 0.15) is 11.5 Å². The molecule has 8 nitrogen and oxygen atoms in total. The van der Waals surface area contributed by atoms with E-state index in [1.807, 2.05) is 0 Å². The van der Waals surface area contributed by atoms with Gasteiger partial charge in [-0.3, -0.25) is 0 Å². The van der Waals surface area contributed by atoms with E-state index in [-0.39, 0.29) is 35.9 Å². The minimum Gasteiger partial charge on any atom is -0.331 e. The summed E-state index contributed by atoms with van der Waals surface area (Å²) >= 11 is 0. The Bertz CT molecular complexity index is 761. The lowest BCUT2D eigenvalue weighted by Crippen LogP contribution is -2.52. The zero-order valence-electron chi connectivity index (χ0n) is 14.1. The first kappa shape index (κ1) is 18.9. The van der Waals surface area contributed by atoms with Gasteiger partial charge in [-0.2, -0.15) is 4.31 Å². The summed E-state index contributed by atoms with van der Waals surface area (Å²) in [7, 11) is -3.22. The van der Waals surface area contributed by atoms with Crippen molar-refractivity contribution in [2.45, 2.75) is 38.3 Å². The van der Waals surface area contributed by atoms with Gasteiger partial charge in [0.2, 0.25) is 10.0 Å². The Morgan fingerprint density at radius 2 is 2.15 bits per heavy atom. The highest BCUT2D eigenvalue weighted by molar-refractivity contribution is 7.89. The molecule has 0 bridgehead atoms. The van der Waals surface area contributed by atoms with Crippen molar-refractivity contribution in [1.82, 2.24) is 24.5 Å². The molecule has 0 saturated carbocycles. The quantitative estimate of drug-likeness (QED) is 0.833. The number of hydrogen-bond donors (Lipinski definition) is 1. The average molecular weight is 389 g/mol. The molecule has 1 atom stereocenters. The molecule has 0 radical (unpaired) electrons. The van der Waals surface area contributed by atoms with Gasteiger partial charge in [0.15, 0.2) is 0 Å². The van der Waals surface area contributed by atoms with Crippen LogP contribution in [0, 0.1) is 0 Å². The lowest BCUT2D eigenvalue weighted by molar-refractivity contribution is 0.145. The molecule has 2 aliphatic heterocycles. The zero-order valence-corrected chi connectivity index (χ0v) is 15.0. The molecule has 144 valence electrons. The summed E-state index contributed by atoms with van der Waals surface area (Å²) in [5.74, 6) is 0.264. The Hall–Kier alpha value is -1.88. The molecule has 3 heterocycles. The summed E-state index contributed by atoms with van der Waals surface area (Å²) in [4.78, 5) is 21.5. The molecule has 0 aromatic carbocycles. The molecule has 26 heavy (non-hydrogen) atoms. The molecular formula is C15H21F2N5O3S. The van der Waals surface area contributed by atoms with Crippen LogP contribution in [0.3, 0.4) is 0 Å². The summed E-state index contributed by atoms with van der Waals surface area (Å²) in [5.41, 5.74) is -0.387. The van der Waals surface area contributed by atoms with Crippen molar-refractivity contribution in [2.75, 3.05) is 25.4 Å². The number of nitrogens with one attached hydrogen (secondary N) is 1. The lowest BCUT2D eigenvalue weighted by Gasteiger charge is -2.36.